The molecule has 0 saturated heterocycles. The summed E-state index contributed by atoms with van der Waals surface area (Å²) in [5.74, 6) is 1.05. The maximum atomic E-state index is 10.2. The van der Waals surface area contributed by atoms with Gasteiger partial charge in [-0.3, -0.25) is 0 Å². The van der Waals surface area contributed by atoms with E-state index in [4.69, 9.17) is 4.74 Å². The molecule has 0 radical (unpaired) electrons. The highest BCUT2D eigenvalue weighted by atomic mass is 16.5. The normalized spacial score (nSPS) is 14.6. The molecule has 0 aliphatic heterocycles. The fourth-order valence-corrected chi connectivity index (χ4v) is 1.98. The quantitative estimate of drug-likeness (QED) is 0.826. The lowest BCUT2D eigenvalue weighted by Gasteiger charge is -2.21. The second-order valence-electron chi connectivity index (χ2n) is 4.46. The van der Waals surface area contributed by atoms with Gasteiger partial charge in [-0.15, -0.1) is 0 Å². The Bertz CT molecular complexity index is 334. The third kappa shape index (κ3) is 2.99. The molecule has 2 nitrogen and oxygen atoms in total. The molecule has 2 heteroatoms. The van der Waals surface area contributed by atoms with E-state index in [0.717, 1.165) is 29.7 Å². The van der Waals surface area contributed by atoms with Gasteiger partial charge in [-0.2, -0.15) is 0 Å². The number of benzene rings is 1. The van der Waals surface area contributed by atoms with Crippen molar-refractivity contribution in [3.05, 3.63) is 29.3 Å². The molecule has 0 aliphatic rings. The Balaban J connectivity index is 2.93. The molecule has 0 fully saturated rings. The van der Waals surface area contributed by atoms with Gasteiger partial charge in [0, 0.05) is 5.56 Å². The van der Waals surface area contributed by atoms with Gasteiger partial charge in [0.05, 0.1) is 13.2 Å². The highest BCUT2D eigenvalue weighted by molar-refractivity contribution is 5.38. The second kappa shape index (κ2) is 5.90. The summed E-state index contributed by atoms with van der Waals surface area (Å²) in [5, 5.41) is 10.2. The molecule has 0 aromatic heterocycles. The Morgan fingerprint density at radius 2 is 2.06 bits per heavy atom. The zero-order chi connectivity index (χ0) is 12.1. The maximum absolute atomic E-state index is 10.2. The SMILES string of the molecule is CCCC(C)C(O)c1ccc(C)cc1OC. The van der Waals surface area contributed by atoms with E-state index >= 15 is 0 Å². The molecule has 1 rings (SSSR count). The number of ether oxygens (including phenoxy) is 1. The van der Waals surface area contributed by atoms with Crippen molar-refractivity contribution in [1.29, 1.82) is 0 Å². The first-order valence-corrected chi connectivity index (χ1v) is 5.92. The predicted molar refractivity (Wildman–Crippen MR) is 66.8 cm³/mol. The van der Waals surface area contributed by atoms with E-state index in [1.807, 2.05) is 25.1 Å². The third-order valence-electron chi connectivity index (χ3n) is 2.99. The number of rotatable bonds is 5. The highest BCUT2D eigenvalue weighted by Gasteiger charge is 2.19. The van der Waals surface area contributed by atoms with Gasteiger partial charge >= 0.3 is 0 Å². The monoisotopic (exact) mass is 222 g/mol. The first-order valence-electron chi connectivity index (χ1n) is 5.92. The Labute approximate surface area is 98.3 Å². The van der Waals surface area contributed by atoms with Crippen molar-refractivity contribution < 1.29 is 9.84 Å². The number of aliphatic hydroxyl groups is 1. The summed E-state index contributed by atoms with van der Waals surface area (Å²) in [6.45, 7) is 6.23. The van der Waals surface area contributed by atoms with Crippen LogP contribution < -0.4 is 4.74 Å². The molecule has 0 bridgehead atoms. The minimum atomic E-state index is -0.435. The van der Waals surface area contributed by atoms with Gasteiger partial charge in [0.15, 0.2) is 0 Å². The lowest BCUT2D eigenvalue weighted by molar-refractivity contribution is 0.109. The van der Waals surface area contributed by atoms with Gasteiger partial charge in [-0.25, -0.2) is 0 Å². The maximum Gasteiger partial charge on any atom is 0.124 e. The summed E-state index contributed by atoms with van der Waals surface area (Å²) < 4.78 is 5.32. The van der Waals surface area contributed by atoms with Crippen LogP contribution >= 0.6 is 0 Å². The van der Waals surface area contributed by atoms with Crippen LogP contribution in [0.25, 0.3) is 0 Å². The molecule has 0 spiro atoms. The number of methoxy groups -OCH3 is 1. The van der Waals surface area contributed by atoms with Crippen LogP contribution in [-0.2, 0) is 0 Å². The van der Waals surface area contributed by atoms with Crippen LogP contribution in [0, 0.1) is 12.8 Å². The topological polar surface area (TPSA) is 29.5 Å². The number of hydrogen-bond acceptors (Lipinski definition) is 2. The van der Waals surface area contributed by atoms with Crippen molar-refractivity contribution >= 4 is 0 Å². The van der Waals surface area contributed by atoms with Gasteiger partial charge < -0.3 is 9.84 Å². The van der Waals surface area contributed by atoms with Crippen molar-refractivity contribution in [2.45, 2.75) is 39.7 Å². The zero-order valence-electron chi connectivity index (χ0n) is 10.7. The Kier molecular flexibility index (Phi) is 4.81. The van der Waals surface area contributed by atoms with Crippen LogP contribution in [0.1, 0.15) is 43.9 Å². The van der Waals surface area contributed by atoms with Crippen LogP contribution in [0.15, 0.2) is 18.2 Å². The van der Waals surface area contributed by atoms with Crippen LogP contribution in [0.5, 0.6) is 5.75 Å². The molecule has 0 aliphatic carbocycles. The summed E-state index contributed by atoms with van der Waals surface area (Å²) in [6.07, 6.45) is 1.68. The standard InChI is InChI=1S/C14H22O2/c1-5-6-11(3)14(15)12-8-7-10(2)9-13(12)16-4/h7-9,11,14-15H,5-6H2,1-4H3. The van der Waals surface area contributed by atoms with Gasteiger partial charge in [-0.05, 0) is 30.9 Å². The van der Waals surface area contributed by atoms with Crippen LogP contribution in [0.4, 0.5) is 0 Å². The Morgan fingerprint density at radius 3 is 2.62 bits per heavy atom. The average Bonchev–Trinajstić information content (AvgIpc) is 2.28. The minimum Gasteiger partial charge on any atom is -0.496 e. The van der Waals surface area contributed by atoms with E-state index in [9.17, 15) is 5.11 Å². The first kappa shape index (κ1) is 13.0. The molecule has 2 unspecified atom stereocenters. The second-order valence-corrected chi connectivity index (χ2v) is 4.46. The number of hydrogen-bond donors (Lipinski definition) is 1. The zero-order valence-corrected chi connectivity index (χ0v) is 10.7. The largest absolute Gasteiger partial charge is 0.496 e. The van der Waals surface area contributed by atoms with E-state index in [2.05, 4.69) is 13.8 Å². The van der Waals surface area contributed by atoms with Crippen molar-refractivity contribution in [2.24, 2.45) is 5.92 Å². The van der Waals surface area contributed by atoms with Gasteiger partial charge in [0.1, 0.15) is 5.75 Å². The van der Waals surface area contributed by atoms with Crippen LogP contribution in [0.2, 0.25) is 0 Å². The summed E-state index contributed by atoms with van der Waals surface area (Å²) in [7, 11) is 1.65. The molecule has 1 aromatic carbocycles. The summed E-state index contributed by atoms with van der Waals surface area (Å²) >= 11 is 0. The molecule has 16 heavy (non-hydrogen) atoms. The fraction of sp³-hybridized carbons (Fsp3) is 0.571. The van der Waals surface area contributed by atoms with Gasteiger partial charge in [-0.1, -0.05) is 32.4 Å². The molecule has 0 saturated carbocycles. The average molecular weight is 222 g/mol. The van der Waals surface area contributed by atoms with Gasteiger partial charge in [0.2, 0.25) is 0 Å². The molecule has 1 N–H and O–H groups in total. The summed E-state index contributed by atoms with van der Waals surface area (Å²) in [4.78, 5) is 0. The van der Waals surface area contributed by atoms with Crippen molar-refractivity contribution in [3.63, 3.8) is 0 Å². The smallest absolute Gasteiger partial charge is 0.124 e. The minimum absolute atomic E-state index is 0.265. The Morgan fingerprint density at radius 1 is 1.38 bits per heavy atom. The lowest BCUT2D eigenvalue weighted by Crippen LogP contribution is -2.10. The Hall–Kier alpha value is -1.02. The molecule has 1 aromatic rings. The molecular weight excluding hydrogens is 200 g/mol. The van der Waals surface area contributed by atoms with E-state index in [-0.39, 0.29) is 5.92 Å². The summed E-state index contributed by atoms with van der Waals surface area (Å²) in [6, 6.07) is 5.95. The van der Waals surface area contributed by atoms with Crippen molar-refractivity contribution in [3.8, 4) is 5.75 Å². The molecule has 2 atom stereocenters. The van der Waals surface area contributed by atoms with Crippen LogP contribution in [0.3, 0.4) is 0 Å². The van der Waals surface area contributed by atoms with Gasteiger partial charge in [0.25, 0.3) is 0 Å². The molecule has 90 valence electrons. The number of aliphatic hydroxyl groups excluding tert-OH is 1. The van der Waals surface area contributed by atoms with E-state index in [1.165, 1.54) is 0 Å². The number of aryl methyl sites for hydroxylation is 1. The van der Waals surface area contributed by atoms with Crippen molar-refractivity contribution in [2.75, 3.05) is 7.11 Å². The van der Waals surface area contributed by atoms with E-state index in [0.29, 0.717) is 0 Å². The highest BCUT2D eigenvalue weighted by Crippen LogP contribution is 2.32. The van der Waals surface area contributed by atoms with Crippen LogP contribution in [-0.4, -0.2) is 12.2 Å². The van der Waals surface area contributed by atoms with E-state index < -0.39 is 6.10 Å². The molecule has 0 heterocycles. The van der Waals surface area contributed by atoms with E-state index in [1.54, 1.807) is 7.11 Å². The fourth-order valence-electron chi connectivity index (χ4n) is 1.98. The molecule has 0 amide bonds. The first-order chi connectivity index (χ1) is 7.60. The summed E-state index contributed by atoms with van der Waals surface area (Å²) in [5.41, 5.74) is 2.05. The predicted octanol–water partition coefficient (Wildman–Crippen LogP) is 3.47. The lowest BCUT2D eigenvalue weighted by atomic mass is 9.92. The third-order valence-corrected chi connectivity index (χ3v) is 2.99. The molecular formula is C14H22O2. The van der Waals surface area contributed by atoms with Crippen molar-refractivity contribution in [1.82, 2.24) is 0 Å².